The van der Waals surface area contributed by atoms with Crippen molar-refractivity contribution in [3.05, 3.63) is 35.9 Å². The van der Waals surface area contributed by atoms with Crippen LogP contribution in [0.25, 0.3) is 0 Å². The van der Waals surface area contributed by atoms with E-state index in [0.29, 0.717) is 0 Å². The maximum Gasteiger partial charge on any atom is 0.326 e. The maximum atomic E-state index is 12.7. The van der Waals surface area contributed by atoms with E-state index in [9.17, 15) is 29.1 Å². The molecule has 11 heteroatoms. The van der Waals surface area contributed by atoms with Gasteiger partial charge in [0.25, 0.3) is 0 Å². The Morgan fingerprint density at radius 3 is 2.00 bits per heavy atom. The summed E-state index contributed by atoms with van der Waals surface area (Å²) in [5.41, 5.74) is 6.75. The van der Waals surface area contributed by atoms with Gasteiger partial charge in [0.15, 0.2) is 0 Å². The normalized spacial score (nSPS) is 14.5. The van der Waals surface area contributed by atoms with E-state index >= 15 is 0 Å². The molecule has 182 valence electrons. The minimum atomic E-state index is -1.24. The first kappa shape index (κ1) is 27.6. The monoisotopic (exact) mass is 464 g/mol. The van der Waals surface area contributed by atoms with Gasteiger partial charge in [0.05, 0.1) is 6.04 Å². The van der Waals surface area contributed by atoms with Gasteiger partial charge >= 0.3 is 11.9 Å². The van der Waals surface area contributed by atoms with Crippen molar-refractivity contribution < 1.29 is 34.2 Å². The molecule has 11 nitrogen and oxygen atoms in total. The first-order chi connectivity index (χ1) is 15.4. The molecular formula is C22H32N4O7. The summed E-state index contributed by atoms with van der Waals surface area (Å²) in [6, 6.07) is 4.51. The van der Waals surface area contributed by atoms with Crippen LogP contribution in [0.3, 0.4) is 0 Å². The van der Waals surface area contributed by atoms with Crippen LogP contribution >= 0.6 is 0 Å². The van der Waals surface area contributed by atoms with E-state index in [1.807, 2.05) is 6.07 Å². The lowest BCUT2D eigenvalue weighted by Gasteiger charge is -2.24. The number of aliphatic carboxylic acids is 2. The van der Waals surface area contributed by atoms with Crippen molar-refractivity contribution in [3.8, 4) is 0 Å². The Morgan fingerprint density at radius 2 is 1.48 bits per heavy atom. The molecule has 0 radical (unpaired) electrons. The van der Waals surface area contributed by atoms with Gasteiger partial charge in [0, 0.05) is 6.42 Å². The van der Waals surface area contributed by atoms with Crippen molar-refractivity contribution in [2.24, 2.45) is 11.7 Å². The average Bonchev–Trinajstić information content (AvgIpc) is 2.74. The van der Waals surface area contributed by atoms with Crippen LogP contribution < -0.4 is 21.7 Å². The van der Waals surface area contributed by atoms with E-state index in [0.717, 1.165) is 5.56 Å². The van der Waals surface area contributed by atoms with Gasteiger partial charge in [-0.05, 0) is 31.2 Å². The Hall–Kier alpha value is -3.47. The van der Waals surface area contributed by atoms with Crippen molar-refractivity contribution in [3.63, 3.8) is 0 Å². The molecule has 7 N–H and O–H groups in total. The van der Waals surface area contributed by atoms with Gasteiger partial charge < -0.3 is 31.9 Å². The van der Waals surface area contributed by atoms with Gasteiger partial charge in [-0.25, -0.2) is 4.79 Å². The lowest BCUT2D eigenvalue weighted by Crippen LogP contribution is -2.57. The van der Waals surface area contributed by atoms with Gasteiger partial charge in [0.2, 0.25) is 17.7 Å². The van der Waals surface area contributed by atoms with Gasteiger partial charge in [-0.3, -0.25) is 19.2 Å². The van der Waals surface area contributed by atoms with Crippen LogP contribution in [0.15, 0.2) is 30.3 Å². The number of hydrogen-bond donors (Lipinski definition) is 6. The van der Waals surface area contributed by atoms with Crippen LogP contribution in [0.1, 0.15) is 39.2 Å². The lowest BCUT2D eigenvalue weighted by molar-refractivity contribution is -0.143. The predicted molar refractivity (Wildman–Crippen MR) is 119 cm³/mol. The van der Waals surface area contributed by atoms with Crippen LogP contribution in [-0.4, -0.2) is 64.0 Å². The number of rotatable bonds is 13. The van der Waals surface area contributed by atoms with E-state index in [-0.39, 0.29) is 18.8 Å². The average molecular weight is 465 g/mol. The second-order valence-corrected chi connectivity index (χ2v) is 8.09. The number of carbonyl (C=O) groups is 5. The number of hydrogen-bond acceptors (Lipinski definition) is 6. The van der Waals surface area contributed by atoms with Crippen LogP contribution in [0.5, 0.6) is 0 Å². The fraction of sp³-hybridized carbons (Fsp3) is 0.500. The van der Waals surface area contributed by atoms with Gasteiger partial charge in [-0.15, -0.1) is 0 Å². The van der Waals surface area contributed by atoms with Crippen molar-refractivity contribution in [1.29, 1.82) is 0 Å². The SMILES string of the molecule is CC(NC(=O)C(CCC(=O)O)NC(=O)C(N)Cc1ccccc1)C(=O)NC(C(=O)O)C(C)C. The number of nitrogens with one attached hydrogen (secondary N) is 3. The second kappa shape index (κ2) is 13.2. The largest absolute Gasteiger partial charge is 0.481 e. The van der Waals surface area contributed by atoms with Gasteiger partial charge in [-0.2, -0.15) is 0 Å². The molecule has 4 unspecified atom stereocenters. The van der Waals surface area contributed by atoms with E-state index in [4.69, 9.17) is 10.8 Å². The number of amides is 3. The second-order valence-electron chi connectivity index (χ2n) is 8.09. The highest BCUT2D eigenvalue weighted by Gasteiger charge is 2.29. The van der Waals surface area contributed by atoms with Gasteiger partial charge in [-0.1, -0.05) is 44.2 Å². The molecule has 0 saturated carbocycles. The number of benzene rings is 1. The highest BCUT2D eigenvalue weighted by Crippen LogP contribution is 2.05. The number of carbonyl (C=O) groups excluding carboxylic acids is 3. The van der Waals surface area contributed by atoms with Crippen LogP contribution in [-0.2, 0) is 30.4 Å². The van der Waals surface area contributed by atoms with Crippen molar-refractivity contribution in [1.82, 2.24) is 16.0 Å². The zero-order valence-corrected chi connectivity index (χ0v) is 18.9. The number of carboxylic acids is 2. The third-order valence-corrected chi connectivity index (χ3v) is 4.90. The lowest BCUT2D eigenvalue weighted by atomic mass is 10.0. The summed E-state index contributed by atoms with van der Waals surface area (Å²) in [6.45, 7) is 4.60. The van der Waals surface area contributed by atoms with Crippen LogP contribution in [0, 0.1) is 5.92 Å². The van der Waals surface area contributed by atoms with E-state index in [1.165, 1.54) is 6.92 Å². The Morgan fingerprint density at radius 1 is 0.879 bits per heavy atom. The molecule has 0 aliphatic carbocycles. The van der Waals surface area contributed by atoms with Crippen LogP contribution in [0.2, 0.25) is 0 Å². The molecule has 0 aliphatic rings. The minimum absolute atomic E-state index is 0.213. The van der Waals surface area contributed by atoms with Crippen molar-refractivity contribution >= 4 is 29.7 Å². The molecule has 4 atom stereocenters. The summed E-state index contributed by atoms with van der Waals surface area (Å²) < 4.78 is 0. The van der Waals surface area contributed by atoms with E-state index < -0.39 is 60.2 Å². The summed E-state index contributed by atoms with van der Waals surface area (Å²) in [4.78, 5) is 59.8. The molecule has 1 rings (SSSR count). The molecule has 0 aromatic heterocycles. The van der Waals surface area contributed by atoms with E-state index in [2.05, 4.69) is 16.0 Å². The molecule has 0 spiro atoms. The van der Waals surface area contributed by atoms with Crippen molar-refractivity contribution in [2.75, 3.05) is 0 Å². The molecule has 1 aromatic carbocycles. The fourth-order valence-electron chi connectivity index (χ4n) is 2.95. The molecule has 0 heterocycles. The molecule has 0 bridgehead atoms. The molecule has 0 saturated heterocycles. The predicted octanol–water partition coefficient (Wildman–Crippen LogP) is -0.364. The third-order valence-electron chi connectivity index (χ3n) is 4.90. The Bertz CT molecular complexity index is 844. The molecule has 3 amide bonds. The van der Waals surface area contributed by atoms with Crippen molar-refractivity contribution in [2.45, 2.75) is 64.2 Å². The molecule has 0 fully saturated rings. The summed E-state index contributed by atoms with van der Waals surface area (Å²) in [7, 11) is 0. The Balaban J connectivity index is 2.80. The topological polar surface area (TPSA) is 188 Å². The summed E-state index contributed by atoms with van der Waals surface area (Å²) in [5.74, 6) is -4.92. The molecular weight excluding hydrogens is 432 g/mol. The third kappa shape index (κ3) is 9.69. The van der Waals surface area contributed by atoms with Crippen LogP contribution in [0.4, 0.5) is 0 Å². The summed E-state index contributed by atoms with van der Waals surface area (Å²) in [6.07, 6.45) is -0.408. The molecule has 1 aromatic rings. The first-order valence-corrected chi connectivity index (χ1v) is 10.6. The standard InChI is InChI=1S/C22H32N4O7/c1-12(2)18(22(32)33)26-19(29)13(3)24-21(31)16(9-10-17(27)28)25-20(30)15(23)11-14-7-5-4-6-8-14/h4-8,12-13,15-16,18H,9-11,23H2,1-3H3,(H,24,31)(H,25,30)(H,26,29)(H,27,28)(H,32,33). The number of carboxylic acid groups (broad SMARTS) is 2. The summed E-state index contributed by atoms with van der Waals surface area (Å²) in [5, 5.41) is 25.4. The Labute approximate surface area is 192 Å². The zero-order valence-electron chi connectivity index (χ0n) is 18.9. The van der Waals surface area contributed by atoms with Gasteiger partial charge in [0.1, 0.15) is 18.1 Å². The maximum absolute atomic E-state index is 12.7. The smallest absolute Gasteiger partial charge is 0.326 e. The first-order valence-electron chi connectivity index (χ1n) is 10.6. The summed E-state index contributed by atoms with van der Waals surface area (Å²) >= 11 is 0. The minimum Gasteiger partial charge on any atom is -0.481 e. The highest BCUT2D eigenvalue weighted by molar-refractivity contribution is 5.94. The zero-order chi connectivity index (χ0) is 25.1. The van der Waals surface area contributed by atoms with E-state index in [1.54, 1.807) is 38.1 Å². The number of nitrogens with two attached hydrogens (primary N) is 1. The Kier molecular flexibility index (Phi) is 11.0. The quantitative estimate of drug-likeness (QED) is 0.228. The highest BCUT2D eigenvalue weighted by atomic mass is 16.4. The molecule has 0 aliphatic heterocycles. The fourth-order valence-corrected chi connectivity index (χ4v) is 2.95. The molecule has 33 heavy (non-hydrogen) atoms.